The van der Waals surface area contributed by atoms with Crippen molar-refractivity contribution >= 4 is 5.97 Å². The molecule has 0 aromatic rings. The lowest BCUT2D eigenvalue weighted by Gasteiger charge is -2.17. The molecule has 0 spiro atoms. The minimum absolute atomic E-state index is 0.329. The van der Waals surface area contributed by atoms with E-state index in [4.69, 9.17) is 9.90 Å². The summed E-state index contributed by atoms with van der Waals surface area (Å²) in [6, 6.07) is 0. The first kappa shape index (κ1) is 12.5. The van der Waals surface area contributed by atoms with Gasteiger partial charge in [-0.3, -0.25) is 4.79 Å². The van der Waals surface area contributed by atoms with Gasteiger partial charge < -0.3 is 10.2 Å². The van der Waals surface area contributed by atoms with Crippen molar-refractivity contribution < 1.29 is 15.0 Å². The van der Waals surface area contributed by atoms with E-state index in [1.54, 1.807) is 0 Å². The van der Waals surface area contributed by atoms with Gasteiger partial charge in [-0.25, -0.2) is 0 Å². The maximum atomic E-state index is 9.92. The number of rotatable bonds is 1. The SMILES string of the molecule is CC(=O)O.CC(C)C12CCC(C)(O)C1C2. The van der Waals surface area contributed by atoms with Crippen LogP contribution >= 0.6 is 0 Å². The van der Waals surface area contributed by atoms with Crippen LogP contribution in [0.25, 0.3) is 0 Å². The van der Waals surface area contributed by atoms with Crippen LogP contribution in [0.5, 0.6) is 0 Å². The van der Waals surface area contributed by atoms with E-state index >= 15 is 0 Å². The molecule has 3 nitrogen and oxygen atoms in total. The first-order chi connectivity index (χ1) is 6.72. The molecular weight excluding hydrogens is 192 g/mol. The molecule has 0 aliphatic heterocycles. The van der Waals surface area contributed by atoms with Gasteiger partial charge in [-0.15, -0.1) is 0 Å². The van der Waals surface area contributed by atoms with E-state index in [0.717, 1.165) is 19.3 Å². The molecule has 3 heteroatoms. The summed E-state index contributed by atoms with van der Waals surface area (Å²) in [6.07, 6.45) is 3.55. The van der Waals surface area contributed by atoms with E-state index in [-0.39, 0.29) is 5.60 Å². The van der Waals surface area contributed by atoms with Gasteiger partial charge in [0.05, 0.1) is 5.60 Å². The third-order valence-corrected chi connectivity index (χ3v) is 4.12. The largest absolute Gasteiger partial charge is 0.481 e. The topological polar surface area (TPSA) is 57.5 Å². The third-order valence-electron chi connectivity index (χ3n) is 4.12. The summed E-state index contributed by atoms with van der Waals surface area (Å²) in [5, 5.41) is 17.3. The Hall–Kier alpha value is -0.570. The average molecular weight is 214 g/mol. The summed E-state index contributed by atoms with van der Waals surface area (Å²) < 4.78 is 0. The highest BCUT2D eigenvalue weighted by Gasteiger charge is 2.67. The standard InChI is InChI=1S/C10H18O.C2H4O2/c1-7(2)10-5-4-9(3,11)8(10)6-10;1-2(3)4/h7-8,11H,4-6H2,1-3H3;1H3,(H,3,4). The summed E-state index contributed by atoms with van der Waals surface area (Å²) >= 11 is 0. The Kier molecular flexibility index (Phi) is 3.15. The zero-order chi connectivity index (χ0) is 11.9. The maximum absolute atomic E-state index is 9.92. The van der Waals surface area contributed by atoms with E-state index in [0.29, 0.717) is 11.3 Å². The molecule has 2 rings (SSSR count). The number of hydrogen-bond donors (Lipinski definition) is 2. The van der Waals surface area contributed by atoms with Crippen LogP contribution in [0.15, 0.2) is 0 Å². The van der Waals surface area contributed by atoms with Crippen LogP contribution in [0.2, 0.25) is 0 Å². The molecule has 0 bridgehead atoms. The van der Waals surface area contributed by atoms with Crippen LogP contribution in [-0.2, 0) is 4.79 Å². The summed E-state index contributed by atoms with van der Waals surface area (Å²) in [5.41, 5.74) is 0.216. The quantitative estimate of drug-likeness (QED) is 0.704. The molecule has 0 amide bonds. The summed E-state index contributed by atoms with van der Waals surface area (Å²) in [6.45, 7) is 7.68. The number of hydrogen-bond acceptors (Lipinski definition) is 2. The fourth-order valence-corrected chi connectivity index (χ4v) is 3.02. The minimum atomic E-state index is -0.833. The Labute approximate surface area is 91.5 Å². The average Bonchev–Trinajstić information content (AvgIpc) is 2.70. The Morgan fingerprint density at radius 2 is 1.87 bits per heavy atom. The van der Waals surface area contributed by atoms with Crippen LogP contribution in [0.4, 0.5) is 0 Å². The number of aliphatic carboxylic acids is 1. The lowest BCUT2D eigenvalue weighted by Crippen LogP contribution is -2.23. The summed E-state index contributed by atoms with van der Waals surface area (Å²) in [7, 11) is 0. The van der Waals surface area contributed by atoms with Crippen molar-refractivity contribution in [2.45, 2.75) is 52.6 Å². The molecule has 0 aromatic heterocycles. The van der Waals surface area contributed by atoms with Crippen molar-refractivity contribution in [1.29, 1.82) is 0 Å². The molecule has 3 unspecified atom stereocenters. The fraction of sp³-hybridized carbons (Fsp3) is 0.917. The Balaban J connectivity index is 0.000000245. The van der Waals surface area contributed by atoms with E-state index in [9.17, 15) is 5.11 Å². The van der Waals surface area contributed by atoms with Gasteiger partial charge in [0, 0.05) is 6.92 Å². The monoisotopic (exact) mass is 214 g/mol. The Morgan fingerprint density at radius 3 is 2.00 bits per heavy atom. The Bertz CT molecular complexity index is 254. The summed E-state index contributed by atoms with van der Waals surface area (Å²) in [5.74, 6) is 0.552. The van der Waals surface area contributed by atoms with Crippen LogP contribution in [-0.4, -0.2) is 21.8 Å². The minimum Gasteiger partial charge on any atom is -0.481 e. The van der Waals surface area contributed by atoms with E-state index in [1.165, 1.54) is 12.8 Å². The van der Waals surface area contributed by atoms with Gasteiger partial charge in [0.1, 0.15) is 0 Å². The van der Waals surface area contributed by atoms with Gasteiger partial charge in [0.25, 0.3) is 5.97 Å². The highest BCUT2D eigenvalue weighted by molar-refractivity contribution is 5.62. The van der Waals surface area contributed by atoms with Gasteiger partial charge in [-0.2, -0.15) is 0 Å². The first-order valence-electron chi connectivity index (χ1n) is 5.64. The van der Waals surface area contributed by atoms with Crippen molar-refractivity contribution in [3.05, 3.63) is 0 Å². The molecule has 2 N–H and O–H groups in total. The van der Waals surface area contributed by atoms with Crippen molar-refractivity contribution in [1.82, 2.24) is 0 Å². The number of carbonyl (C=O) groups is 1. The Morgan fingerprint density at radius 1 is 1.40 bits per heavy atom. The highest BCUT2D eigenvalue weighted by Crippen LogP contribution is 2.70. The normalized spacial score (nSPS) is 41.9. The number of carboxylic acid groups (broad SMARTS) is 1. The molecule has 0 heterocycles. The van der Waals surface area contributed by atoms with Crippen molar-refractivity contribution in [3.8, 4) is 0 Å². The molecule has 15 heavy (non-hydrogen) atoms. The lowest BCUT2D eigenvalue weighted by molar-refractivity contribution is -0.134. The van der Waals surface area contributed by atoms with E-state index in [2.05, 4.69) is 13.8 Å². The molecule has 2 fully saturated rings. The number of carboxylic acids is 1. The number of fused-ring (bicyclic) bond motifs is 1. The molecule has 2 aliphatic rings. The predicted molar refractivity (Wildman–Crippen MR) is 58.5 cm³/mol. The lowest BCUT2D eigenvalue weighted by atomic mass is 9.90. The second kappa shape index (κ2) is 3.78. The second-order valence-electron chi connectivity index (χ2n) is 5.52. The fourth-order valence-electron chi connectivity index (χ4n) is 3.02. The van der Waals surface area contributed by atoms with Crippen LogP contribution in [0.1, 0.15) is 47.0 Å². The molecule has 0 saturated heterocycles. The molecule has 3 atom stereocenters. The zero-order valence-corrected chi connectivity index (χ0v) is 10.1. The maximum Gasteiger partial charge on any atom is 0.300 e. The molecular formula is C12H22O3. The number of aliphatic hydroxyl groups is 1. The van der Waals surface area contributed by atoms with Crippen molar-refractivity contribution in [2.75, 3.05) is 0 Å². The predicted octanol–water partition coefficient (Wildman–Crippen LogP) is 2.28. The van der Waals surface area contributed by atoms with Crippen molar-refractivity contribution in [2.24, 2.45) is 17.3 Å². The van der Waals surface area contributed by atoms with Crippen LogP contribution < -0.4 is 0 Å². The highest BCUT2D eigenvalue weighted by atomic mass is 16.4. The van der Waals surface area contributed by atoms with Crippen molar-refractivity contribution in [3.63, 3.8) is 0 Å². The van der Waals surface area contributed by atoms with Gasteiger partial charge in [0.15, 0.2) is 0 Å². The van der Waals surface area contributed by atoms with Crippen LogP contribution in [0.3, 0.4) is 0 Å². The molecule has 2 saturated carbocycles. The molecule has 0 radical (unpaired) electrons. The zero-order valence-electron chi connectivity index (χ0n) is 10.1. The van der Waals surface area contributed by atoms with Crippen LogP contribution in [0, 0.1) is 17.3 Å². The van der Waals surface area contributed by atoms with Gasteiger partial charge in [0.2, 0.25) is 0 Å². The second-order valence-corrected chi connectivity index (χ2v) is 5.52. The first-order valence-corrected chi connectivity index (χ1v) is 5.64. The molecule has 88 valence electrons. The third kappa shape index (κ3) is 2.33. The molecule has 2 aliphatic carbocycles. The molecule has 0 aromatic carbocycles. The van der Waals surface area contributed by atoms with Gasteiger partial charge in [-0.1, -0.05) is 13.8 Å². The van der Waals surface area contributed by atoms with Gasteiger partial charge in [-0.05, 0) is 43.4 Å². The van der Waals surface area contributed by atoms with E-state index < -0.39 is 5.97 Å². The summed E-state index contributed by atoms with van der Waals surface area (Å²) in [4.78, 5) is 9.00. The smallest absolute Gasteiger partial charge is 0.300 e. The van der Waals surface area contributed by atoms with E-state index in [1.807, 2.05) is 6.92 Å². The van der Waals surface area contributed by atoms with Gasteiger partial charge >= 0.3 is 0 Å².